The lowest BCUT2D eigenvalue weighted by Crippen LogP contribution is -2.12. The van der Waals surface area contributed by atoms with Gasteiger partial charge in [0.1, 0.15) is 11.6 Å². The Labute approximate surface area is 198 Å². The first kappa shape index (κ1) is 21.9. The van der Waals surface area contributed by atoms with E-state index in [1.54, 1.807) is 7.11 Å². The number of imidazole rings is 1. The van der Waals surface area contributed by atoms with Crippen LogP contribution in [-0.2, 0) is 24.2 Å². The summed E-state index contributed by atoms with van der Waals surface area (Å²) in [6.07, 6.45) is 7.02. The van der Waals surface area contributed by atoms with E-state index in [0.29, 0.717) is 31.0 Å². The van der Waals surface area contributed by atoms with Crippen molar-refractivity contribution in [1.29, 1.82) is 0 Å². The maximum Gasteiger partial charge on any atom is 0.226 e. The molecule has 8 heteroatoms. The molecule has 1 aliphatic heterocycles. The molecule has 2 aromatic heterocycles. The summed E-state index contributed by atoms with van der Waals surface area (Å²) >= 11 is 0. The second-order valence-corrected chi connectivity index (χ2v) is 8.40. The highest BCUT2D eigenvalue weighted by Gasteiger charge is 2.15. The summed E-state index contributed by atoms with van der Waals surface area (Å²) in [6, 6.07) is 15.4. The summed E-state index contributed by atoms with van der Waals surface area (Å²) in [7, 11) is 1.62. The number of benzene rings is 2. The Kier molecular flexibility index (Phi) is 6.38. The maximum atomic E-state index is 12.4. The molecule has 1 aliphatic rings. The van der Waals surface area contributed by atoms with Crippen LogP contribution in [-0.4, -0.2) is 32.7 Å². The Bertz CT molecular complexity index is 1260. The second kappa shape index (κ2) is 9.91. The molecule has 2 aromatic carbocycles. The Morgan fingerprint density at radius 2 is 1.88 bits per heavy atom. The summed E-state index contributed by atoms with van der Waals surface area (Å²) in [6.45, 7) is 1.02. The van der Waals surface area contributed by atoms with E-state index in [4.69, 9.17) is 9.26 Å². The predicted molar refractivity (Wildman–Crippen MR) is 128 cm³/mol. The summed E-state index contributed by atoms with van der Waals surface area (Å²) in [5.74, 6) is 2.78. The number of aryl methyl sites for hydroxylation is 2. The van der Waals surface area contributed by atoms with Crippen LogP contribution in [0, 0.1) is 0 Å². The van der Waals surface area contributed by atoms with Gasteiger partial charge in [0.25, 0.3) is 0 Å². The lowest BCUT2D eigenvalue weighted by molar-refractivity contribution is -0.116. The summed E-state index contributed by atoms with van der Waals surface area (Å²) in [5.41, 5.74) is 4.00. The summed E-state index contributed by atoms with van der Waals surface area (Å²) < 4.78 is 12.8. The Hall–Kier alpha value is -3.94. The zero-order valence-electron chi connectivity index (χ0n) is 19.2. The van der Waals surface area contributed by atoms with Crippen LogP contribution < -0.4 is 10.1 Å². The van der Waals surface area contributed by atoms with Crippen LogP contribution in [0.15, 0.2) is 59.3 Å². The van der Waals surface area contributed by atoms with Crippen LogP contribution in [0.4, 0.5) is 5.69 Å². The van der Waals surface area contributed by atoms with Crippen molar-refractivity contribution < 1.29 is 14.1 Å². The molecule has 0 unspecified atom stereocenters. The number of nitrogens with one attached hydrogen (secondary N) is 1. The zero-order chi connectivity index (χ0) is 23.3. The van der Waals surface area contributed by atoms with Crippen LogP contribution in [0.5, 0.6) is 5.75 Å². The van der Waals surface area contributed by atoms with E-state index in [2.05, 4.69) is 25.0 Å². The molecule has 0 saturated heterocycles. The zero-order valence-corrected chi connectivity index (χ0v) is 19.2. The van der Waals surface area contributed by atoms with Gasteiger partial charge in [0.2, 0.25) is 17.6 Å². The van der Waals surface area contributed by atoms with Crippen molar-refractivity contribution in [3.8, 4) is 28.5 Å². The topological polar surface area (TPSA) is 95.1 Å². The van der Waals surface area contributed by atoms with Crippen molar-refractivity contribution in [3.05, 3.63) is 66.3 Å². The molecule has 3 heterocycles. The number of ether oxygens (including phenoxy) is 1. The van der Waals surface area contributed by atoms with E-state index in [1.807, 2.05) is 54.7 Å². The number of anilines is 1. The third-order valence-corrected chi connectivity index (χ3v) is 6.04. The van der Waals surface area contributed by atoms with E-state index in [-0.39, 0.29) is 5.91 Å². The highest BCUT2D eigenvalue weighted by molar-refractivity contribution is 5.90. The van der Waals surface area contributed by atoms with Crippen LogP contribution >= 0.6 is 0 Å². The molecule has 8 nitrogen and oxygen atoms in total. The van der Waals surface area contributed by atoms with Gasteiger partial charge in [-0.05, 0) is 74.2 Å². The average Bonchev–Trinajstić information content (AvgIpc) is 3.52. The number of amides is 1. The molecule has 0 fully saturated rings. The van der Waals surface area contributed by atoms with Crippen LogP contribution in [0.25, 0.3) is 22.8 Å². The number of methoxy groups -OCH3 is 1. The first-order chi connectivity index (χ1) is 16.7. The number of rotatable bonds is 8. The number of carbonyl (C=O) groups excluding carboxylic acids is 1. The summed E-state index contributed by atoms with van der Waals surface area (Å²) in [5, 5.41) is 6.99. The molecule has 0 aliphatic carbocycles. The molecular weight excluding hydrogens is 430 g/mol. The lowest BCUT2D eigenvalue weighted by Gasteiger charge is -2.16. The Morgan fingerprint density at radius 1 is 1.09 bits per heavy atom. The number of nitrogens with zero attached hydrogens (tertiary/aromatic N) is 4. The van der Waals surface area contributed by atoms with Crippen molar-refractivity contribution in [2.75, 3.05) is 12.4 Å². The third kappa shape index (κ3) is 4.85. The van der Waals surface area contributed by atoms with Crippen molar-refractivity contribution in [2.45, 2.75) is 45.1 Å². The number of hydrogen-bond donors (Lipinski definition) is 1. The first-order valence-electron chi connectivity index (χ1n) is 11.6. The highest BCUT2D eigenvalue weighted by atomic mass is 16.5. The minimum Gasteiger partial charge on any atom is -0.497 e. The number of carbonyl (C=O) groups is 1. The Balaban J connectivity index is 1.11. The molecule has 1 amide bonds. The normalized spacial score (nSPS) is 12.9. The fourth-order valence-electron chi connectivity index (χ4n) is 4.21. The van der Waals surface area contributed by atoms with Gasteiger partial charge in [-0.3, -0.25) is 4.79 Å². The van der Waals surface area contributed by atoms with Crippen molar-refractivity contribution >= 4 is 11.6 Å². The SMILES string of the molecule is COc1ccc(-c2noc(CCCC(=O)Nc3ccc(-c4ncc5n4CCCC5)cc3)n2)cc1. The van der Waals surface area contributed by atoms with Crippen molar-refractivity contribution in [3.63, 3.8) is 0 Å². The summed E-state index contributed by atoms with van der Waals surface area (Å²) in [4.78, 5) is 21.4. The molecule has 0 saturated carbocycles. The van der Waals surface area contributed by atoms with Crippen LogP contribution in [0.3, 0.4) is 0 Å². The molecule has 0 atom stereocenters. The van der Waals surface area contributed by atoms with E-state index >= 15 is 0 Å². The van der Waals surface area contributed by atoms with Gasteiger partial charge in [0, 0.05) is 48.1 Å². The highest BCUT2D eigenvalue weighted by Crippen LogP contribution is 2.26. The average molecular weight is 458 g/mol. The maximum absolute atomic E-state index is 12.4. The monoisotopic (exact) mass is 457 g/mol. The lowest BCUT2D eigenvalue weighted by atomic mass is 10.1. The smallest absolute Gasteiger partial charge is 0.226 e. The fraction of sp³-hybridized carbons (Fsp3) is 0.308. The number of hydrogen-bond acceptors (Lipinski definition) is 6. The standard InChI is InChI=1S/C26H27N5O3/c1-33-22-14-10-18(11-15-22)25-29-24(34-30-25)7-4-6-23(32)28-20-12-8-19(9-13-20)26-27-17-21-5-2-3-16-31(21)26/h8-15,17H,2-7,16H2,1H3,(H,28,32). The van der Waals surface area contributed by atoms with Gasteiger partial charge in [-0.2, -0.15) is 4.98 Å². The van der Waals surface area contributed by atoms with E-state index in [9.17, 15) is 4.79 Å². The number of aromatic nitrogens is 4. The quantitative estimate of drug-likeness (QED) is 0.404. The van der Waals surface area contributed by atoms with Crippen LogP contribution in [0.2, 0.25) is 0 Å². The minimum absolute atomic E-state index is 0.0409. The van der Waals surface area contributed by atoms with Gasteiger partial charge in [0.15, 0.2) is 0 Å². The van der Waals surface area contributed by atoms with Crippen molar-refractivity contribution in [2.24, 2.45) is 0 Å². The molecule has 0 spiro atoms. The third-order valence-electron chi connectivity index (χ3n) is 6.04. The molecular formula is C26H27N5O3. The molecule has 34 heavy (non-hydrogen) atoms. The molecule has 4 aromatic rings. The molecule has 1 N–H and O–H groups in total. The minimum atomic E-state index is -0.0409. The molecule has 0 bridgehead atoms. The first-order valence-corrected chi connectivity index (χ1v) is 11.6. The van der Waals surface area contributed by atoms with Gasteiger partial charge in [-0.25, -0.2) is 4.98 Å². The Morgan fingerprint density at radius 3 is 2.68 bits per heavy atom. The van der Waals surface area contributed by atoms with Gasteiger partial charge >= 0.3 is 0 Å². The largest absolute Gasteiger partial charge is 0.497 e. The molecule has 174 valence electrons. The van der Waals surface area contributed by atoms with E-state index in [0.717, 1.165) is 41.4 Å². The van der Waals surface area contributed by atoms with Gasteiger partial charge in [-0.15, -0.1) is 0 Å². The van der Waals surface area contributed by atoms with Gasteiger partial charge in [-0.1, -0.05) is 5.16 Å². The van der Waals surface area contributed by atoms with Gasteiger partial charge in [0.05, 0.1) is 7.11 Å². The second-order valence-electron chi connectivity index (χ2n) is 8.40. The molecule has 0 radical (unpaired) electrons. The van der Waals surface area contributed by atoms with E-state index < -0.39 is 0 Å². The van der Waals surface area contributed by atoms with Gasteiger partial charge < -0.3 is 19.1 Å². The molecule has 5 rings (SSSR count). The fourth-order valence-corrected chi connectivity index (χ4v) is 4.21. The van der Waals surface area contributed by atoms with E-state index in [1.165, 1.54) is 18.5 Å². The van der Waals surface area contributed by atoms with Crippen molar-refractivity contribution in [1.82, 2.24) is 19.7 Å². The van der Waals surface area contributed by atoms with Crippen LogP contribution in [0.1, 0.15) is 37.3 Å². The number of fused-ring (bicyclic) bond motifs is 1. The predicted octanol–water partition coefficient (Wildman–Crippen LogP) is 4.91.